The molecule has 1 amide bonds. The van der Waals surface area contributed by atoms with Crippen LogP contribution in [0.2, 0.25) is 0 Å². The minimum Gasteiger partial charge on any atom is -0.436 e. The molecule has 1 aromatic heterocycles. The number of amides is 1. The minimum absolute atomic E-state index is 0.0599. The van der Waals surface area contributed by atoms with Crippen molar-refractivity contribution in [3.63, 3.8) is 0 Å². The molecule has 0 saturated heterocycles. The molecule has 0 aliphatic carbocycles. The third-order valence-electron chi connectivity index (χ3n) is 4.59. The highest BCUT2D eigenvalue weighted by atomic mass is 16.6. The first-order chi connectivity index (χ1) is 14.0. The Kier molecular flexibility index (Phi) is 4.78. The van der Waals surface area contributed by atoms with Crippen molar-refractivity contribution >= 4 is 28.4 Å². The molecule has 0 atom stereocenters. The zero-order valence-corrected chi connectivity index (χ0v) is 15.6. The van der Waals surface area contributed by atoms with Gasteiger partial charge in [0.15, 0.2) is 5.58 Å². The summed E-state index contributed by atoms with van der Waals surface area (Å²) in [6, 6.07) is 18.5. The molecule has 0 aliphatic rings. The first-order valence-electron chi connectivity index (χ1n) is 9.09. The summed E-state index contributed by atoms with van der Waals surface area (Å²) in [6.07, 6.45) is 0.932. The van der Waals surface area contributed by atoms with Gasteiger partial charge in [0.25, 0.3) is 11.6 Å². The highest BCUT2D eigenvalue weighted by molar-refractivity contribution is 6.04. The fourth-order valence-electron chi connectivity index (χ4n) is 2.95. The molecule has 29 heavy (non-hydrogen) atoms. The van der Waals surface area contributed by atoms with Gasteiger partial charge in [-0.2, -0.15) is 0 Å². The molecule has 4 rings (SSSR count). The number of nitrogens with one attached hydrogen (secondary N) is 1. The average Bonchev–Trinajstić information content (AvgIpc) is 3.17. The van der Waals surface area contributed by atoms with Crippen molar-refractivity contribution < 1.29 is 14.1 Å². The van der Waals surface area contributed by atoms with E-state index in [4.69, 9.17) is 4.42 Å². The van der Waals surface area contributed by atoms with Crippen molar-refractivity contribution in [2.24, 2.45) is 0 Å². The normalized spacial score (nSPS) is 10.8. The lowest BCUT2D eigenvalue weighted by molar-refractivity contribution is -0.384. The van der Waals surface area contributed by atoms with Crippen molar-refractivity contribution in [2.75, 3.05) is 5.32 Å². The molecule has 0 fully saturated rings. The second-order valence-corrected chi connectivity index (χ2v) is 6.51. The smallest absolute Gasteiger partial charge is 0.269 e. The summed E-state index contributed by atoms with van der Waals surface area (Å²) < 4.78 is 5.82. The van der Waals surface area contributed by atoms with Gasteiger partial charge in [-0.05, 0) is 60.5 Å². The summed E-state index contributed by atoms with van der Waals surface area (Å²) in [5.74, 6) is 0.170. The van der Waals surface area contributed by atoms with Crippen molar-refractivity contribution in [2.45, 2.75) is 13.3 Å². The maximum Gasteiger partial charge on any atom is 0.269 e. The van der Waals surface area contributed by atoms with Crippen molar-refractivity contribution in [1.82, 2.24) is 4.98 Å². The predicted molar refractivity (Wildman–Crippen MR) is 110 cm³/mol. The molecule has 7 heteroatoms. The zero-order valence-electron chi connectivity index (χ0n) is 15.6. The first-order valence-corrected chi connectivity index (χ1v) is 9.09. The lowest BCUT2D eigenvalue weighted by Gasteiger charge is -2.05. The number of aryl methyl sites for hydroxylation is 1. The van der Waals surface area contributed by atoms with E-state index < -0.39 is 4.92 Å². The molecule has 0 radical (unpaired) electrons. The number of nitro groups is 1. The number of benzene rings is 3. The van der Waals surface area contributed by atoms with E-state index in [1.54, 1.807) is 12.1 Å². The van der Waals surface area contributed by atoms with Crippen LogP contribution in [0.25, 0.3) is 22.6 Å². The van der Waals surface area contributed by atoms with Gasteiger partial charge < -0.3 is 9.73 Å². The van der Waals surface area contributed by atoms with Gasteiger partial charge in [0.1, 0.15) is 5.52 Å². The van der Waals surface area contributed by atoms with Crippen LogP contribution < -0.4 is 5.32 Å². The Morgan fingerprint density at radius 3 is 2.45 bits per heavy atom. The highest BCUT2D eigenvalue weighted by Crippen LogP contribution is 2.26. The van der Waals surface area contributed by atoms with E-state index in [0.29, 0.717) is 17.1 Å². The van der Waals surface area contributed by atoms with Crippen LogP contribution in [-0.4, -0.2) is 15.8 Å². The van der Waals surface area contributed by atoms with Gasteiger partial charge in [0.05, 0.1) is 4.92 Å². The monoisotopic (exact) mass is 387 g/mol. The lowest BCUT2D eigenvalue weighted by atomic mass is 10.1. The molecule has 1 heterocycles. The standard InChI is InChI=1S/C22H17N3O4/c1-2-14-3-12-20-19(13-14)24-22(29-20)16-4-8-17(9-5-16)23-21(26)15-6-10-18(11-7-15)25(27)28/h3-13H,2H2,1H3,(H,23,26). The molecule has 144 valence electrons. The first kappa shape index (κ1) is 18.4. The summed E-state index contributed by atoms with van der Waals surface area (Å²) >= 11 is 0. The Hall–Kier alpha value is -4.00. The molecule has 0 aliphatic heterocycles. The van der Waals surface area contributed by atoms with Crippen LogP contribution in [0.15, 0.2) is 71.1 Å². The maximum atomic E-state index is 12.3. The van der Waals surface area contributed by atoms with E-state index in [1.807, 2.05) is 30.3 Å². The van der Waals surface area contributed by atoms with Crippen LogP contribution >= 0.6 is 0 Å². The molecular formula is C22H17N3O4. The number of rotatable bonds is 5. The van der Waals surface area contributed by atoms with Crippen LogP contribution in [-0.2, 0) is 6.42 Å². The molecular weight excluding hydrogens is 370 g/mol. The topological polar surface area (TPSA) is 98.3 Å². The number of oxazole rings is 1. The molecule has 0 spiro atoms. The molecule has 7 nitrogen and oxygen atoms in total. The third kappa shape index (κ3) is 3.84. The zero-order chi connectivity index (χ0) is 20.4. The van der Waals surface area contributed by atoms with E-state index in [1.165, 1.54) is 29.8 Å². The minimum atomic E-state index is -0.504. The van der Waals surface area contributed by atoms with Gasteiger partial charge in [-0.15, -0.1) is 0 Å². The number of fused-ring (bicyclic) bond motifs is 1. The van der Waals surface area contributed by atoms with Crippen molar-refractivity contribution in [1.29, 1.82) is 0 Å². The highest BCUT2D eigenvalue weighted by Gasteiger charge is 2.11. The number of anilines is 1. The third-order valence-corrected chi connectivity index (χ3v) is 4.59. The molecule has 1 N–H and O–H groups in total. The van der Waals surface area contributed by atoms with Crippen LogP contribution in [0.1, 0.15) is 22.8 Å². The second-order valence-electron chi connectivity index (χ2n) is 6.51. The van der Waals surface area contributed by atoms with Gasteiger partial charge in [-0.3, -0.25) is 14.9 Å². The van der Waals surface area contributed by atoms with Gasteiger partial charge in [-0.1, -0.05) is 13.0 Å². The molecule has 3 aromatic carbocycles. The van der Waals surface area contributed by atoms with Gasteiger partial charge >= 0.3 is 0 Å². The van der Waals surface area contributed by atoms with Gasteiger partial charge in [0, 0.05) is 28.9 Å². The van der Waals surface area contributed by atoms with Crippen molar-refractivity contribution in [3.05, 3.63) is 88.0 Å². The summed E-state index contributed by atoms with van der Waals surface area (Å²) in [6.45, 7) is 2.09. The Bertz CT molecular complexity index is 1200. The number of non-ortho nitro benzene ring substituents is 1. The number of nitro benzene ring substituents is 1. The number of aromatic nitrogens is 1. The summed E-state index contributed by atoms with van der Waals surface area (Å²) in [5.41, 5.74) is 4.42. The van der Waals surface area contributed by atoms with E-state index in [9.17, 15) is 14.9 Å². The Morgan fingerprint density at radius 1 is 1.07 bits per heavy atom. The van der Waals surface area contributed by atoms with E-state index in [2.05, 4.69) is 17.2 Å². The van der Waals surface area contributed by atoms with E-state index >= 15 is 0 Å². The number of hydrogen-bond acceptors (Lipinski definition) is 5. The molecule has 0 unspecified atom stereocenters. The van der Waals surface area contributed by atoms with Crippen LogP contribution in [0.3, 0.4) is 0 Å². The van der Waals surface area contributed by atoms with Gasteiger partial charge in [-0.25, -0.2) is 4.98 Å². The summed E-state index contributed by atoms with van der Waals surface area (Å²) in [7, 11) is 0. The van der Waals surface area contributed by atoms with Crippen LogP contribution in [0, 0.1) is 10.1 Å². The lowest BCUT2D eigenvalue weighted by Crippen LogP contribution is -2.11. The quantitative estimate of drug-likeness (QED) is 0.374. The number of hydrogen-bond donors (Lipinski definition) is 1. The Labute approximate surface area is 166 Å². The molecule has 0 saturated carbocycles. The average molecular weight is 387 g/mol. The van der Waals surface area contributed by atoms with Crippen LogP contribution in [0.4, 0.5) is 11.4 Å². The molecule has 4 aromatic rings. The summed E-state index contributed by atoms with van der Waals surface area (Å²) in [5, 5.41) is 13.5. The second kappa shape index (κ2) is 7.55. The van der Waals surface area contributed by atoms with E-state index in [0.717, 1.165) is 23.1 Å². The predicted octanol–water partition coefficient (Wildman–Crippen LogP) is 5.22. The molecule has 0 bridgehead atoms. The summed E-state index contributed by atoms with van der Waals surface area (Å²) in [4.78, 5) is 27.1. The fraction of sp³-hybridized carbons (Fsp3) is 0.0909. The van der Waals surface area contributed by atoms with Crippen LogP contribution in [0.5, 0.6) is 0 Å². The van der Waals surface area contributed by atoms with Crippen molar-refractivity contribution in [3.8, 4) is 11.5 Å². The maximum absolute atomic E-state index is 12.3. The van der Waals surface area contributed by atoms with E-state index in [-0.39, 0.29) is 11.6 Å². The Balaban J connectivity index is 1.50. The Morgan fingerprint density at radius 2 is 1.79 bits per heavy atom. The number of nitrogens with zero attached hydrogens (tertiary/aromatic N) is 2. The SMILES string of the molecule is CCc1ccc2oc(-c3ccc(NC(=O)c4ccc([N+](=O)[O-])cc4)cc3)nc2c1. The number of carbonyl (C=O) groups excluding carboxylic acids is 1. The largest absolute Gasteiger partial charge is 0.436 e. The van der Waals surface area contributed by atoms with Gasteiger partial charge in [0.2, 0.25) is 5.89 Å². The number of carbonyl (C=O) groups is 1. The fourth-order valence-corrected chi connectivity index (χ4v) is 2.95.